The van der Waals surface area contributed by atoms with E-state index < -0.39 is 0 Å². The number of hydrogen-bond donors (Lipinski definition) is 0. The molecule has 5 rings (SSSR count). The second-order valence-corrected chi connectivity index (χ2v) is 5.76. The van der Waals surface area contributed by atoms with Crippen LogP contribution in [0.5, 0.6) is 0 Å². The average Bonchev–Trinajstić information content (AvgIpc) is 3.11. The van der Waals surface area contributed by atoms with Crippen LogP contribution in [0.3, 0.4) is 0 Å². The number of aromatic nitrogens is 2. The van der Waals surface area contributed by atoms with Gasteiger partial charge < -0.3 is 4.42 Å². The molecular formula is C20H14N2O. The lowest BCUT2D eigenvalue weighted by Gasteiger charge is -2.07. The van der Waals surface area contributed by atoms with Crippen LogP contribution in [0.25, 0.3) is 38.7 Å². The van der Waals surface area contributed by atoms with Crippen LogP contribution < -0.4 is 0 Å². The highest BCUT2D eigenvalue weighted by Crippen LogP contribution is 2.31. The molecule has 0 aliphatic carbocycles. The standard InChI is InChI=1S/C20H14N2O/c1-13-21-17-7-3-4-8-18(17)22(13)14-10-11-20-16(12-14)15-6-2-5-9-19(15)23-20/h2-12H,1H3. The number of fused-ring (bicyclic) bond motifs is 4. The number of aryl methyl sites for hydroxylation is 1. The Hall–Kier alpha value is -3.07. The Labute approximate surface area is 132 Å². The van der Waals surface area contributed by atoms with Gasteiger partial charge in [-0.3, -0.25) is 4.57 Å². The van der Waals surface area contributed by atoms with E-state index in [1.807, 2.05) is 49.4 Å². The summed E-state index contributed by atoms with van der Waals surface area (Å²) in [6.07, 6.45) is 0. The Morgan fingerprint density at radius 1 is 0.826 bits per heavy atom. The van der Waals surface area contributed by atoms with Crippen molar-refractivity contribution in [1.29, 1.82) is 0 Å². The van der Waals surface area contributed by atoms with Gasteiger partial charge in [-0.05, 0) is 43.3 Å². The second-order valence-electron chi connectivity index (χ2n) is 5.76. The van der Waals surface area contributed by atoms with Crippen molar-refractivity contribution in [2.45, 2.75) is 6.92 Å². The summed E-state index contributed by atoms with van der Waals surface area (Å²) in [5.41, 5.74) is 5.08. The van der Waals surface area contributed by atoms with Gasteiger partial charge in [0.2, 0.25) is 0 Å². The summed E-state index contributed by atoms with van der Waals surface area (Å²) in [6.45, 7) is 2.04. The van der Waals surface area contributed by atoms with E-state index in [0.29, 0.717) is 0 Å². The number of nitrogens with zero attached hydrogens (tertiary/aromatic N) is 2. The molecule has 0 aliphatic rings. The normalized spacial score (nSPS) is 11.7. The van der Waals surface area contributed by atoms with Crippen molar-refractivity contribution in [2.75, 3.05) is 0 Å². The van der Waals surface area contributed by atoms with Crippen LogP contribution in [0.1, 0.15) is 5.82 Å². The van der Waals surface area contributed by atoms with E-state index in [1.165, 1.54) is 0 Å². The van der Waals surface area contributed by atoms with Crippen molar-refractivity contribution in [3.05, 3.63) is 72.6 Å². The summed E-state index contributed by atoms with van der Waals surface area (Å²) in [5.74, 6) is 0.985. The number of imidazole rings is 1. The predicted octanol–water partition coefficient (Wildman–Crippen LogP) is 5.23. The lowest BCUT2D eigenvalue weighted by Crippen LogP contribution is -1.96. The number of hydrogen-bond acceptors (Lipinski definition) is 2. The van der Waals surface area contributed by atoms with Crippen molar-refractivity contribution in [2.24, 2.45) is 0 Å². The fourth-order valence-electron chi connectivity index (χ4n) is 3.33. The number of rotatable bonds is 1. The van der Waals surface area contributed by atoms with Gasteiger partial charge in [0.1, 0.15) is 17.0 Å². The maximum Gasteiger partial charge on any atom is 0.135 e. The molecule has 3 aromatic carbocycles. The van der Waals surface area contributed by atoms with Crippen LogP contribution in [0.15, 0.2) is 71.1 Å². The van der Waals surface area contributed by atoms with Crippen LogP contribution in [0.4, 0.5) is 0 Å². The van der Waals surface area contributed by atoms with Gasteiger partial charge in [-0.25, -0.2) is 4.98 Å². The molecule has 23 heavy (non-hydrogen) atoms. The van der Waals surface area contributed by atoms with Gasteiger partial charge in [0.25, 0.3) is 0 Å². The van der Waals surface area contributed by atoms with Gasteiger partial charge in [0, 0.05) is 16.5 Å². The maximum atomic E-state index is 5.92. The first kappa shape index (κ1) is 12.5. The molecule has 0 saturated heterocycles. The molecule has 0 fully saturated rings. The highest BCUT2D eigenvalue weighted by Gasteiger charge is 2.11. The molecular weight excluding hydrogens is 284 g/mol. The molecule has 0 amide bonds. The Bertz CT molecular complexity index is 1180. The summed E-state index contributed by atoms with van der Waals surface area (Å²) >= 11 is 0. The van der Waals surface area contributed by atoms with E-state index in [1.54, 1.807) is 0 Å². The SMILES string of the molecule is Cc1nc2ccccc2n1-c1ccc2oc3ccccc3c2c1. The summed E-state index contributed by atoms with van der Waals surface area (Å²) in [7, 11) is 0. The van der Waals surface area contributed by atoms with Crippen molar-refractivity contribution < 1.29 is 4.42 Å². The van der Waals surface area contributed by atoms with Crippen molar-refractivity contribution in [1.82, 2.24) is 9.55 Å². The largest absolute Gasteiger partial charge is 0.456 e. The lowest BCUT2D eigenvalue weighted by molar-refractivity contribution is 0.669. The molecule has 0 unspecified atom stereocenters. The lowest BCUT2D eigenvalue weighted by atomic mass is 10.1. The van der Waals surface area contributed by atoms with Crippen molar-refractivity contribution in [3.63, 3.8) is 0 Å². The summed E-state index contributed by atoms with van der Waals surface area (Å²) in [5, 5.41) is 2.28. The van der Waals surface area contributed by atoms with Gasteiger partial charge >= 0.3 is 0 Å². The van der Waals surface area contributed by atoms with Crippen LogP contribution in [-0.2, 0) is 0 Å². The minimum absolute atomic E-state index is 0.914. The quantitative estimate of drug-likeness (QED) is 0.424. The number of para-hydroxylation sites is 3. The monoisotopic (exact) mass is 298 g/mol. The van der Waals surface area contributed by atoms with Crippen LogP contribution in [-0.4, -0.2) is 9.55 Å². The molecule has 0 N–H and O–H groups in total. The molecule has 2 aromatic heterocycles. The Morgan fingerprint density at radius 3 is 2.57 bits per heavy atom. The molecule has 3 heteroatoms. The topological polar surface area (TPSA) is 31.0 Å². The fraction of sp³-hybridized carbons (Fsp3) is 0.0500. The second kappa shape index (κ2) is 4.46. The number of furan rings is 1. The zero-order chi connectivity index (χ0) is 15.4. The van der Waals surface area contributed by atoms with Crippen LogP contribution >= 0.6 is 0 Å². The highest BCUT2D eigenvalue weighted by atomic mass is 16.3. The summed E-state index contributed by atoms with van der Waals surface area (Å²) in [6, 6.07) is 22.7. The van der Waals surface area contributed by atoms with E-state index >= 15 is 0 Å². The third kappa shape index (κ3) is 1.73. The van der Waals surface area contributed by atoms with E-state index in [2.05, 4.69) is 33.8 Å². The number of benzene rings is 3. The maximum absolute atomic E-state index is 5.92. The van der Waals surface area contributed by atoms with E-state index in [9.17, 15) is 0 Å². The first-order chi connectivity index (χ1) is 11.3. The Morgan fingerprint density at radius 2 is 1.61 bits per heavy atom. The van der Waals surface area contributed by atoms with Crippen molar-refractivity contribution in [3.8, 4) is 5.69 Å². The van der Waals surface area contributed by atoms with Crippen LogP contribution in [0.2, 0.25) is 0 Å². The molecule has 0 bridgehead atoms. The molecule has 0 radical (unpaired) electrons. The molecule has 0 aliphatic heterocycles. The summed E-state index contributed by atoms with van der Waals surface area (Å²) < 4.78 is 8.11. The van der Waals surface area contributed by atoms with Crippen molar-refractivity contribution >= 4 is 33.0 Å². The van der Waals surface area contributed by atoms with E-state index in [0.717, 1.165) is 44.5 Å². The minimum Gasteiger partial charge on any atom is -0.456 e. The minimum atomic E-state index is 0.914. The Balaban J connectivity index is 1.85. The zero-order valence-corrected chi connectivity index (χ0v) is 12.7. The molecule has 0 atom stereocenters. The van der Waals surface area contributed by atoms with Gasteiger partial charge in [0.05, 0.1) is 11.0 Å². The molecule has 110 valence electrons. The summed E-state index contributed by atoms with van der Waals surface area (Å²) in [4.78, 5) is 4.66. The smallest absolute Gasteiger partial charge is 0.135 e. The molecule has 3 nitrogen and oxygen atoms in total. The zero-order valence-electron chi connectivity index (χ0n) is 12.7. The molecule has 2 heterocycles. The third-order valence-electron chi connectivity index (χ3n) is 4.35. The molecule has 5 aromatic rings. The predicted molar refractivity (Wildman–Crippen MR) is 93.1 cm³/mol. The highest BCUT2D eigenvalue weighted by molar-refractivity contribution is 6.05. The van der Waals surface area contributed by atoms with Gasteiger partial charge in [-0.2, -0.15) is 0 Å². The first-order valence-corrected chi connectivity index (χ1v) is 7.67. The van der Waals surface area contributed by atoms with E-state index in [-0.39, 0.29) is 0 Å². The molecule has 0 spiro atoms. The first-order valence-electron chi connectivity index (χ1n) is 7.67. The van der Waals surface area contributed by atoms with Crippen LogP contribution in [0, 0.1) is 6.92 Å². The molecule has 0 saturated carbocycles. The van der Waals surface area contributed by atoms with E-state index in [4.69, 9.17) is 4.42 Å². The fourth-order valence-corrected chi connectivity index (χ4v) is 3.33. The Kier molecular flexibility index (Phi) is 2.42. The van der Waals surface area contributed by atoms with Gasteiger partial charge in [-0.1, -0.05) is 30.3 Å². The van der Waals surface area contributed by atoms with Gasteiger partial charge in [0.15, 0.2) is 0 Å². The van der Waals surface area contributed by atoms with Gasteiger partial charge in [-0.15, -0.1) is 0 Å². The average molecular weight is 298 g/mol. The third-order valence-corrected chi connectivity index (χ3v) is 4.35.